The molecule has 0 aliphatic carbocycles. The molecule has 0 amide bonds. The summed E-state index contributed by atoms with van der Waals surface area (Å²) in [5.41, 5.74) is 2.46. The van der Waals surface area contributed by atoms with Gasteiger partial charge in [0.25, 0.3) is 0 Å². The molecule has 0 spiro atoms. The third-order valence-electron chi connectivity index (χ3n) is 9.04. The molecular formula is C41H19F3N6. The molecule has 0 radical (unpaired) electrons. The molecule has 0 saturated carbocycles. The van der Waals surface area contributed by atoms with E-state index in [1.54, 1.807) is 33.4 Å². The van der Waals surface area contributed by atoms with Gasteiger partial charge in [0.15, 0.2) is 11.4 Å². The van der Waals surface area contributed by atoms with Gasteiger partial charge >= 0.3 is 6.18 Å². The van der Waals surface area contributed by atoms with Crippen LogP contribution in [0.4, 0.5) is 24.5 Å². The highest BCUT2D eigenvalue weighted by Crippen LogP contribution is 2.46. The summed E-state index contributed by atoms with van der Waals surface area (Å²) in [6.07, 6.45) is -4.80. The minimum absolute atomic E-state index is 0.0718. The van der Waals surface area contributed by atoms with E-state index in [4.69, 9.17) is 13.1 Å². The Kier molecular flexibility index (Phi) is 6.69. The molecule has 0 saturated heterocycles. The van der Waals surface area contributed by atoms with Crippen molar-refractivity contribution in [2.24, 2.45) is 0 Å². The van der Waals surface area contributed by atoms with Crippen molar-refractivity contribution in [1.82, 2.24) is 9.13 Å². The summed E-state index contributed by atoms with van der Waals surface area (Å²) in [4.78, 5) is 7.12. The lowest BCUT2D eigenvalue weighted by Gasteiger charge is -2.21. The first kappa shape index (κ1) is 30.0. The Balaban J connectivity index is 1.62. The number of para-hydroxylation sites is 2. The minimum atomic E-state index is -4.80. The molecule has 8 aromatic rings. The normalized spacial score (nSPS) is 11.4. The number of rotatable bonds is 3. The number of benzene rings is 6. The number of nitrogens with zero attached hydrogens (tertiary/aromatic N) is 6. The van der Waals surface area contributed by atoms with Gasteiger partial charge < -0.3 is 9.13 Å². The standard InChI is InChI=1S/C41H19F3N6/c1-47-26-15-17-30-28-9-4-6-13-35(28)50(39(30)21-26)38-20-25(40-32(41(42,43)44)10-7-11-33(40)48-2)19-37(31(38)23-46)49-34-12-5-3-8-27(34)29-16-14-24(22-45)18-36(29)49/h3-21H. The molecule has 2 heterocycles. The summed E-state index contributed by atoms with van der Waals surface area (Å²) in [6.45, 7) is 15.6. The first-order valence-corrected chi connectivity index (χ1v) is 15.3. The minimum Gasteiger partial charge on any atom is -0.309 e. The molecule has 9 heteroatoms. The van der Waals surface area contributed by atoms with E-state index < -0.39 is 11.7 Å². The molecule has 0 aliphatic rings. The van der Waals surface area contributed by atoms with Gasteiger partial charge in [-0.25, -0.2) is 9.69 Å². The lowest BCUT2D eigenvalue weighted by molar-refractivity contribution is -0.137. The van der Waals surface area contributed by atoms with E-state index in [1.807, 2.05) is 60.7 Å². The van der Waals surface area contributed by atoms with E-state index >= 15 is 0 Å². The van der Waals surface area contributed by atoms with Crippen LogP contribution in [0.1, 0.15) is 16.7 Å². The number of fused-ring (bicyclic) bond motifs is 6. The molecule has 0 atom stereocenters. The third-order valence-corrected chi connectivity index (χ3v) is 9.04. The molecular weight excluding hydrogens is 633 g/mol. The van der Waals surface area contributed by atoms with Crippen molar-refractivity contribution in [3.63, 3.8) is 0 Å². The number of alkyl halides is 3. The summed E-state index contributed by atoms with van der Waals surface area (Å²) in [5, 5.41) is 24.1. The lowest BCUT2D eigenvalue weighted by atomic mass is 9.94. The van der Waals surface area contributed by atoms with Crippen LogP contribution >= 0.6 is 0 Å². The fourth-order valence-corrected chi connectivity index (χ4v) is 6.98. The quantitative estimate of drug-likeness (QED) is 0.178. The molecule has 0 aliphatic heterocycles. The van der Waals surface area contributed by atoms with Crippen LogP contribution in [0.25, 0.3) is 75.8 Å². The summed E-state index contributed by atoms with van der Waals surface area (Å²) >= 11 is 0. The Bertz CT molecular complexity index is 2760. The summed E-state index contributed by atoms with van der Waals surface area (Å²) < 4.78 is 47.8. The smallest absolute Gasteiger partial charge is 0.309 e. The van der Waals surface area contributed by atoms with E-state index in [9.17, 15) is 23.7 Å². The Morgan fingerprint density at radius 1 is 0.580 bits per heavy atom. The maximum Gasteiger partial charge on any atom is 0.415 e. The topological polar surface area (TPSA) is 66.2 Å². The molecule has 0 bridgehead atoms. The number of aromatic nitrogens is 2. The van der Waals surface area contributed by atoms with E-state index in [0.29, 0.717) is 33.3 Å². The molecule has 0 N–H and O–H groups in total. The summed E-state index contributed by atoms with van der Waals surface area (Å²) in [5.74, 6) is 0. The Morgan fingerprint density at radius 3 is 1.72 bits per heavy atom. The van der Waals surface area contributed by atoms with Crippen molar-refractivity contribution < 1.29 is 13.2 Å². The molecule has 0 unspecified atom stereocenters. The van der Waals surface area contributed by atoms with Crippen LogP contribution in [0.2, 0.25) is 0 Å². The van der Waals surface area contributed by atoms with Gasteiger partial charge in [0.05, 0.1) is 58.3 Å². The van der Waals surface area contributed by atoms with Crippen molar-refractivity contribution in [2.45, 2.75) is 6.18 Å². The zero-order valence-corrected chi connectivity index (χ0v) is 25.8. The maximum atomic E-state index is 14.7. The molecule has 50 heavy (non-hydrogen) atoms. The molecule has 6 nitrogen and oxygen atoms in total. The maximum absolute atomic E-state index is 14.7. The zero-order chi connectivity index (χ0) is 34.7. The van der Waals surface area contributed by atoms with Gasteiger partial charge in [0, 0.05) is 27.1 Å². The molecule has 0 fully saturated rings. The average molecular weight is 653 g/mol. The van der Waals surface area contributed by atoms with E-state index in [1.165, 1.54) is 24.3 Å². The number of halogens is 3. The van der Waals surface area contributed by atoms with Gasteiger partial charge in [0.2, 0.25) is 0 Å². The predicted octanol–water partition coefficient (Wildman–Crippen LogP) is 11.4. The highest BCUT2D eigenvalue weighted by Gasteiger charge is 2.35. The first-order chi connectivity index (χ1) is 24.3. The van der Waals surface area contributed by atoms with Gasteiger partial charge in [-0.05, 0) is 53.6 Å². The van der Waals surface area contributed by atoms with E-state index in [-0.39, 0.29) is 33.8 Å². The van der Waals surface area contributed by atoms with Gasteiger partial charge in [-0.1, -0.05) is 72.8 Å². The molecule has 234 valence electrons. The highest BCUT2D eigenvalue weighted by atomic mass is 19.4. The Morgan fingerprint density at radius 2 is 1.16 bits per heavy atom. The van der Waals surface area contributed by atoms with Gasteiger partial charge in [-0.15, -0.1) is 0 Å². The van der Waals surface area contributed by atoms with Gasteiger partial charge in [-0.3, -0.25) is 0 Å². The number of nitriles is 2. The van der Waals surface area contributed by atoms with Crippen molar-refractivity contribution >= 4 is 55.0 Å². The second kappa shape index (κ2) is 11.1. The highest BCUT2D eigenvalue weighted by molar-refractivity contribution is 6.12. The molecule has 8 rings (SSSR count). The number of hydrogen-bond donors (Lipinski definition) is 0. The van der Waals surface area contributed by atoms with Crippen molar-refractivity contribution in [3.8, 4) is 34.6 Å². The van der Waals surface area contributed by atoms with Crippen LogP contribution in [0.5, 0.6) is 0 Å². The SMILES string of the molecule is [C-]#[N+]c1ccc2c3ccccc3n(-c3cc(-c4c([N+]#[C-])cccc4C(F)(F)F)cc(-n4c5ccccc5c5ccc(C#N)cc54)c3C#N)c2c1. The Hall–Kier alpha value is -7.33. The second-order valence-electron chi connectivity index (χ2n) is 11.7. The third kappa shape index (κ3) is 4.40. The van der Waals surface area contributed by atoms with Crippen molar-refractivity contribution in [2.75, 3.05) is 0 Å². The predicted molar refractivity (Wildman–Crippen MR) is 188 cm³/mol. The lowest BCUT2D eigenvalue weighted by Crippen LogP contribution is -2.09. The summed E-state index contributed by atoms with van der Waals surface area (Å²) in [6, 6.07) is 36.4. The van der Waals surface area contributed by atoms with Crippen LogP contribution in [-0.4, -0.2) is 9.13 Å². The monoisotopic (exact) mass is 652 g/mol. The first-order valence-electron chi connectivity index (χ1n) is 15.3. The van der Waals surface area contributed by atoms with Gasteiger partial charge in [-0.2, -0.15) is 23.7 Å². The summed E-state index contributed by atoms with van der Waals surface area (Å²) in [7, 11) is 0. The molecule has 2 aromatic heterocycles. The second-order valence-corrected chi connectivity index (χ2v) is 11.7. The Labute approximate surface area is 282 Å². The van der Waals surface area contributed by atoms with Crippen molar-refractivity contribution in [3.05, 3.63) is 155 Å². The van der Waals surface area contributed by atoms with E-state index in [0.717, 1.165) is 27.6 Å². The van der Waals surface area contributed by atoms with Crippen LogP contribution in [0.15, 0.2) is 115 Å². The fourth-order valence-electron chi connectivity index (χ4n) is 6.98. The zero-order valence-electron chi connectivity index (χ0n) is 25.8. The molecule has 6 aromatic carbocycles. The largest absolute Gasteiger partial charge is 0.415 e. The van der Waals surface area contributed by atoms with Crippen molar-refractivity contribution in [1.29, 1.82) is 10.5 Å². The van der Waals surface area contributed by atoms with Crippen LogP contribution in [-0.2, 0) is 6.18 Å². The average Bonchev–Trinajstić information content (AvgIpc) is 3.65. The van der Waals surface area contributed by atoms with E-state index in [2.05, 4.69) is 21.8 Å². The fraction of sp³-hybridized carbons (Fsp3) is 0.0244. The van der Waals surface area contributed by atoms with Crippen LogP contribution in [0.3, 0.4) is 0 Å². The van der Waals surface area contributed by atoms with Gasteiger partial charge in [0.1, 0.15) is 11.6 Å². The number of hydrogen-bond acceptors (Lipinski definition) is 2. The van der Waals surface area contributed by atoms with Crippen LogP contribution in [0, 0.1) is 35.8 Å². The van der Waals surface area contributed by atoms with Crippen LogP contribution < -0.4 is 0 Å².